The van der Waals surface area contributed by atoms with Crippen LogP contribution in [0.5, 0.6) is 0 Å². The molecule has 16 heteroatoms. The van der Waals surface area contributed by atoms with Crippen molar-refractivity contribution in [3.8, 4) is 0 Å². The van der Waals surface area contributed by atoms with Crippen molar-refractivity contribution in [2.75, 3.05) is 29.5 Å². The van der Waals surface area contributed by atoms with Gasteiger partial charge in [0.2, 0.25) is 0 Å². The number of rotatable bonds is 3. The summed E-state index contributed by atoms with van der Waals surface area (Å²) in [4.78, 5) is 25.1. The predicted molar refractivity (Wildman–Crippen MR) is 143 cm³/mol. The second-order valence-electron chi connectivity index (χ2n) is 9.98. The summed E-state index contributed by atoms with van der Waals surface area (Å²) in [5.74, 6) is -1.31. The Labute approximate surface area is 236 Å². The summed E-state index contributed by atoms with van der Waals surface area (Å²) in [6.45, 7) is 2.66. The van der Waals surface area contributed by atoms with E-state index in [2.05, 4.69) is 24.5 Å². The maximum Gasteiger partial charge on any atom is 0.490 e. The minimum atomic E-state index is -5.08. The van der Waals surface area contributed by atoms with Gasteiger partial charge in [-0.3, -0.25) is 4.68 Å². The molecule has 0 saturated carbocycles. The summed E-state index contributed by atoms with van der Waals surface area (Å²) in [7, 11) is 0. The molecule has 214 valence electrons. The Balaban J connectivity index is 0.000000411. The van der Waals surface area contributed by atoms with Crippen molar-refractivity contribution in [1.82, 2.24) is 24.7 Å². The lowest BCUT2D eigenvalue weighted by Gasteiger charge is -2.41. The fourth-order valence-corrected chi connectivity index (χ4v) is 6.53. The van der Waals surface area contributed by atoms with Crippen molar-refractivity contribution in [3.05, 3.63) is 40.4 Å². The van der Waals surface area contributed by atoms with E-state index < -0.39 is 12.1 Å². The molecule has 3 aliphatic rings. The third kappa shape index (κ3) is 5.24. The van der Waals surface area contributed by atoms with Gasteiger partial charge in [0, 0.05) is 36.1 Å². The van der Waals surface area contributed by atoms with Crippen LogP contribution in [0.1, 0.15) is 42.3 Å². The second kappa shape index (κ2) is 10.6. The van der Waals surface area contributed by atoms with Crippen molar-refractivity contribution >= 4 is 46.8 Å². The highest BCUT2D eigenvalue weighted by Gasteiger charge is 2.49. The zero-order valence-corrected chi connectivity index (χ0v) is 22.7. The molecule has 0 amide bonds. The number of hydrogen-bond donors (Lipinski definition) is 4. The SMILES string of the molecule is Nc1nc(N2CCC3(CC2)Cn2nc4c(c2[C@H]3N)CCC4)cnc1Sc1ccnc(N)c1Cl.O=C(O)C(F)(F)F. The molecule has 0 aromatic carbocycles. The number of aromatic nitrogens is 5. The van der Waals surface area contributed by atoms with Gasteiger partial charge < -0.3 is 27.2 Å². The molecule has 3 aromatic rings. The molecular weight excluding hydrogens is 571 g/mol. The largest absolute Gasteiger partial charge is 0.490 e. The summed E-state index contributed by atoms with van der Waals surface area (Å²) in [5.41, 5.74) is 22.9. The molecule has 0 unspecified atom stereocenters. The Morgan fingerprint density at radius 2 is 1.88 bits per heavy atom. The summed E-state index contributed by atoms with van der Waals surface area (Å²) in [6.07, 6.45) is 3.72. The van der Waals surface area contributed by atoms with Crippen LogP contribution >= 0.6 is 23.4 Å². The van der Waals surface area contributed by atoms with Crippen LogP contribution in [0.2, 0.25) is 5.02 Å². The highest BCUT2D eigenvalue weighted by molar-refractivity contribution is 7.99. The minimum absolute atomic E-state index is 0.0569. The number of carboxylic acids is 1. The molecule has 1 saturated heterocycles. The van der Waals surface area contributed by atoms with Gasteiger partial charge in [0.15, 0.2) is 5.82 Å². The maximum atomic E-state index is 10.6. The monoisotopic (exact) mass is 597 g/mol. The fraction of sp³-hybridized carbons (Fsp3) is 0.458. The molecule has 40 heavy (non-hydrogen) atoms. The topological polar surface area (TPSA) is 175 Å². The summed E-state index contributed by atoms with van der Waals surface area (Å²) in [5, 5.41) is 13.0. The van der Waals surface area contributed by atoms with Crippen LogP contribution in [-0.4, -0.2) is 55.1 Å². The quantitative estimate of drug-likeness (QED) is 0.348. The van der Waals surface area contributed by atoms with Gasteiger partial charge in [0.1, 0.15) is 16.7 Å². The van der Waals surface area contributed by atoms with Crippen LogP contribution in [0.15, 0.2) is 28.4 Å². The third-order valence-electron chi connectivity index (χ3n) is 7.60. The zero-order valence-electron chi connectivity index (χ0n) is 21.2. The third-order valence-corrected chi connectivity index (χ3v) is 9.18. The average Bonchev–Trinajstić information content (AvgIpc) is 3.55. The Morgan fingerprint density at radius 1 is 1.18 bits per heavy atom. The average molecular weight is 598 g/mol. The predicted octanol–water partition coefficient (Wildman–Crippen LogP) is 3.46. The van der Waals surface area contributed by atoms with Gasteiger partial charge in [-0.2, -0.15) is 18.3 Å². The molecule has 7 N–H and O–H groups in total. The number of fused-ring (bicyclic) bond motifs is 3. The molecule has 11 nitrogen and oxygen atoms in total. The normalized spacial score (nSPS) is 19.2. The minimum Gasteiger partial charge on any atom is -0.475 e. The molecule has 5 heterocycles. The van der Waals surface area contributed by atoms with Crippen LogP contribution in [0, 0.1) is 5.41 Å². The zero-order chi connectivity index (χ0) is 28.8. The van der Waals surface area contributed by atoms with Crippen molar-refractivity contribution in [2.45, 2.75) is 60.8 Å². The Morgan fingerprint density at radius 3 is 2.52 bits per heavy atom. The molecular formula is C24H27ClF3N9O2S. The number of nitrogens with zero attached hydrogens (tertiary/aromatic N) is 6. The molecule has 0 radical (unpaired) electrons. The van der Waals surface area contributed by atoms with E-state index in [0.717, 1.165) is 56.0 Å². The highest BCUT2D eigenvalue weighted by Crippen LogP contribution is 2.50. The second-order valence-corrected chi connectivity index (χ2v) is 11.4. The number of aliphatic carboxylic acids is 1. The first kappa shape index (κ1) is 28.2. The number of carbonyl (C=O) groups is 1. The van der Waals surface area contributed by atoms with Gasteiger partial charge >= 0.3 is 12.1 Å². The van der Waals surface area contributed by atoms with Crippen LogP contribution in [0.4, 0.5) is 30.6 Å². The molecule has 0 bridgehead atoms. The number of halogens is 4. The molecule has 1 aliphatic carbocycles. The number of anilines is 3. The van der Waals surface area contributed by atoms with Crippen molar-refractivity contribution in [2.24, 2.45) is 11.1 Å². The lowest BCUT2D eigenvalue weighted by Crippen LogP contribution is -2.45. The Kier molecular flexibility index (Phi) is 7.48. The van der Waals surface area contributed by atoms with E-state index in [1.807, 2.05) is 0 Å². The number of alkyl halides is 3. The van der Waals surface area contributed by atoms with E-state index in [1.165, 1.54) is 35.1 Å². The summed E-state index contributed by atoms with van der Waals surface area (Å²) in [6, 6.07) is 1.84. The lowest BCUT2D eigenvalue weighted by molar-refractivity contribution is -0.192. The van der Waals surface area contributed by atoms with Crippen molar-refractivity contribution in [1.29, 1.82) is 0 Å². The molecule has 1 fully saturated rings. The van der Waals surface area contributed by atoms with Gasteiger partial charge in [-0.15, -0.1) is 0 Å². The fourth-order valence-electron chi connectivity index (χ4n) is 5.51. The first-order valence-electron chi connectivity index (χ1n) is 12.5. The first-order chi connectivity index (χ1) is 18.9. The number of hydrogen-bond acceptors (Lipinski definition) is 10. The van der Waals surface area contributed by atoms with Crippen LogP contribution in [0.3, 0.4) is 0 Å². The lowest BCUT2D eigenvalue weighted by atomic mass is 9.73. The van der Waals surface area contributed by atoms with Gasteiger partial charge in [-0.25, -0.2) is 19.7 Å². The molecule has 1 spiro atoms. The number of carboxylic acid groups (broad SMARTS) is 1. The van der Waals surface area contributed by atoms with Gasteiger partial charge in [-0.1, -0.05) is 23.4 Å². The van der Waals surface area contributed by atoms with Crippen LogP contribution in [0.25, 0.3) is 0 Å². The summed E-state index contributed by atoms with van der Waals surface area (Å²) < 4.78 is 33.9. The van der Waals surface area contributed by atoms with E-state index in [4.69, 9.17) is 43.8 Å². The number of aryl methyl sites for hydroxylation is 1. The molecule has 2 aliphatic heterocycles. The van der Waals surface area contributed by atoms with E-state index in [1.54, 1.807) is 18.5 Å². The first-order valence-corrected chi connectivity index (χ1v) is 13.7. The van der Waals surface area contributed by atoms with E-state index in [9.17, 15) is 13.2 Å². The van der Waals surface area contributed by atoms with Gasteiger partial charge in [-0.05, 0) is 43.7 Å². The molecule has 6 rings (SSSR count). The van der Waals surface area contributed by atoms with Gasteiger partial charge in [0.25, 0.3) is 0 Å². The molecule has 1 atom stereocenters. The van der Waals surface area contributed by atoms with E-state index >= 15 is 0 Å². The van der Waals surface area contributed by atoms with Gasteiger partial charge in [0.05, 0.1) is 28.6 Å². The smallest absolute Gasteiger partial charge is 0.475 e. The Bertz CT molecular complexity index is 1440. The van der Waals surface area contributed by atoms with E-state index in [-0.39, 0.29) is 17.3 Å². The van der Waals surface area contributed by atoms with E-state index in [0.29, 0.717) is 15.9 Å². The highest BCUT2D eigenvalue weighted by atomic mass is 35.5. The summed E-state index contributed by atoms with van der Waals surface area (Å²) >= 11 is 7.59. The number of pyridine rings is 1. The Hall–Kier alpha value is -3.30. The molecule has 3 aromatic heterocycles. The van der Waals surface area contributed by atoms with Crippen LogP contribution in [-0.2, 0) is 24.2 Å². The van der Waals surface area contributed by atoms with Crippen molar-refractivity contribution < 1.29 is 23.1 Å². The maximum absolute atomic E-state index is 10.6. The number of nitrogen functional groups attached to an aromatic ring is 2. The van der Waals surface area contributed by atoms with Crippen molar-refractivity contribution in [3.63, 3.8) is 0 Å². The standard InChI is InChI=1S/C22H26ClN9S.C2HF3O2/c23-16-14(4-7-27-19(16)25)33-21-20(26)29-15(10-28-21)31-8-5-22(6-9-31)11-32-17(18(22)24)12-2-1-3-13(12)30-32;3-2(4,5)1(6)7/h4,7,10,18H,1-3,5-6,8-9,11,24H2,(H2,25,27)(H2,26,29);(H,6,7)/t18-;/m1./s1. The number of piperidine rings is 1. The number of nitrogens with two attached hydrogens (primary N) is 3. The van der Waals surface area contributed by atoms with Crippen LogP contribution < -0.4 is 22.1 Å².